The third-order valence-electron chi connectivity index (χ3n) is 4.80. The Hall–Kier alpha value is -1.88. The first kappa shape index (κ1) is 14.1. The number of likely N-dealkylation sites (tertiary alicyclic amines) is 1. The van der Waals surface area contributed by atoms with Gasteiger partial charge in [0.05, 0.1) is 0 Å². The van der Waals surface area contributed by atoms with Crippen LogP contribution in [0.15, 0.2) is 30.3 Å². The van der Waals surface area contributed by atoms with Crippen molar-refractivity contribution in [2.24, 2.45) is 0 Å². The minimum Gasteiger partial charge on any atom is -0.311 e. The highest BCUT2D eigenvalue weighted by atomic mass is 16.2. The van der Waals surface area contributed by atoms with E-state index in [0.717, 1.165) is 25.9 Å². The summed E-state index contributed by atoms with van der Waals surface area (Å²) in [7, 11) is 3.31. The summed E-state index contributed by atoms with van der Waals surface area (Å²) < 4.78 is 0. The Morgan fingerprint density at radius 1 is 1.14 bits per heavy atom. The van der Waals surface area contributed by atoms with Gasteiger partial charge in [0.1, 0.15) is 5.54 Å². The summed E-state index contributed by atoms with van der Waals surface area (Å²) in [6.07, 6.45) is 1.70. The second-order valence-corrected chi connectivity index (χ2v) is 6.00. The van der Waals surface area contributed by atoms with Crippen LogP contribution < -0.4 is 0 Å². The van der Waals surface area contributed by atoms with Crippen LogP contribution in [0.2, 0.25) is 0 Å². The van der Waals surface area contributed by atoms with Crippen LogP contribution in [-0.4, -0.2) is 65.9 Å². The summed E-state index contributed by atoms with van der Waals surface area (Å²) in [5, 5.41) is 0. The average molecular weight is 287 g/mol. The fourth-order valence-electron chi connectivity index (χ4n) is 3.39. The van der Waals surface area contributed by atoms with E-state index in [2.05, 4.69) is 17.0 Å². The van der Waals surface area contributed by atoms with Crippen LogP contribution in [-0.2, 0) is 11.2 Å². The molecule has 0 unspecified atom stereocenters. The number of likely N-dealkylation sites (N-methyl/N-ethyl adjacent to an activating group) is 2. The second-order valence-electron chi connectivity index (χ2n) is 6.00. The first-order chi connectivity index (χ1) is 10.0. The molecule has 5 heteroatoms. The number of rotatable bonds is 3. The first-order valence-electron chi connectivity index (χ1n) is 7.37. The molecule has 3 amide bonds. The number of hydrogen-bond donors (Lipinski definition) is 0. The average Bonchev–Trinajstić information content (AvgIpc) is 3.01. The smallest absolute Gasteiger partial charge is 0.311 e. The van der Waals surface area contributed by atoms with Crippen LogP contribution in [0.1, 0.15) is 12.0 Å². The fourth-order valence-corrected chi connectivity index (χ4v) is 3.39. The van der Waals surface area contributed by atoms with E-state index in [4.69, 9.17) is 0 Å². The summed E-state index contributed by atoms with van der Waals surface area (Å²) in [6.45, 7) is 2.43. The van der Waals surface area contributed by atoms with Crippen LogP contribution in [0.25, 0.3) is 0 Å². The van der Waals surface area contributed by atoms with Crippen LogP contribution in [0.3, 0.4) is 0 Å². The third kappa shape index (κ3) is 2.21. The van der Waals surface area contributed by atoms with Crippen LogP contribution in [0.4, 0.5) is 4.79 Å². The van der Waals surface area contributed by atoms with E-state index < -0.39 is 5.54 Å². The zero-order valence-corrected chi connectivity index (χ0v) is 12.6. The standard InChI is InChI=1S/C16H21N3O2/c1-17-14(20)16(18(2)15(17)21)9-11-19(12-16)10-8-13-6-4-3-5-7-13/h3-7H,8-12H2,1-2H3/t16-/m1/s1. The number of carbonyl (C=O) groups excluding carboxylic acids is 2. The zero-order chi connectivity index (χ0) is 15.0. The monoisotopic (exact) mass is 287 g/mol. The maximum absolute atomic E-state index is 12.4. The van der Waals surface area contributed by atoms with Crippen molar-refractivity contribution in [1.82, 2.24) is 14.7 Å². The van der Waals surface area contributed by atoms with Gasteiger partial charge in [0.2, 0.25) is 0 Å². The van der Waals surface area contributed by atoms with Gasteiger partial charge < -0.3 is 9.80 Å². The molecule has 3 rings (SSSR count). The minimum atomic E-state index is -0.636. The lowest BCUT2D eigenvalue weighted by molar-refractivity contribution is -0.131. The van der Waals surface area contributed by atoms with Gasteiger partial charge in [-0.1, -0.05) is 30.3 Å². The van der Waals surface area contributed by atoms with Gasteiger partial charge >= 0.3 is 6.03 Å². The molecule has 2 aliphatic rings. The van der Waals surface area contributed by atoms with Gasteiger partial charge in [-0.2, -0.15) is 0 Å². The molecule has 0 N–H and O–H groups in total. The molecule has 1 spiro atoms. The van der Waals surface area contributed by atoms with E-state index in [1.54, 1.807) is 19.0 Å². The summed E-state index contributed by atoms with van der Waals surface area (Å²) >= 11 is 0. The van der Waals surface area contributed by atoms with Crippen molar-refractivity contribution in [3.63, 3.8) is 0 Å². The van der Waals surface area contributed by atoms with E-state index in [9.17, 15) is 9.59 Å². The second kappa shape index (κ2) is 5.15. The molecule has 1 aromatic carbocycles. The SMILES string of the molecule is CN1C(=O)N(C)[C@@]2(CCN(CCc3ccccc3)C2)C1=O. The van der Waals surface area contributed by atoms with Crippen LogP contribution in [0.5, 0.6) is 0 Å². The predicted octanol–water partition coefficient (Wildman–Crippen LogP) is 1.20. The molecule has 1 atom stereocenters. The van der Waals surface area contributed by atoms with Crippen molar-refractivity contribution in [1.29, 1.82) is 0 Å². The molecular formula is C16H21N3O2. The van der Waals surface area contributed by atoms with Gasteiger partial charge in [0.15, 0.2) is 0 Å². The van der Waals surface area contributed by atoms with Crippen LogP contribution in [0, 0.1) is 0 Å². The van der Waals surface area contributed by atoms with E-state index in [-0.39, 0.29) is 11.9 Å². The third-order valence-corrected chi connectivity index (χ3v) is 4.80. The highest BCUT2D eigenvalue weighted by Crippen LogP contribution is 2.34. The molecule has 1 aromatic rings. The maximum Gasteiger partial charge on any atom is 0.327 e. The molecule has 0 aliphatic carbocycles. The summed E-state index contributed by atoms with van der Waals surface area (Å²) in [5.74, 6) is -0.0581. The Kier molecular flexibility index (Phi) is 3.45. The van der Waals surface area contributed by atoms with E-state index in [1.165, 1.54) is 10.5 Å². The minimum absolute atomic E-state index is 0.0581. The molecule has 0 aromatic heterocycles. The highest BCUT2D eigenvalue weighted by molar-refractivity contribution is 6.07. The van der Waals surface area contributed by atoms with Crippen molar-refractivity contribution in [2.75, 3.05) is 33.7 Å². The quantitative estimate of drug-likeness (QED) is 0.785. The molecule has 2 saturated heterocycles. The van der Waals surface area contributed by atoms with E-state index >= 15 is 0 Å². The largest absolute Gasteiger partial charge is 0.327 e. The van der Waals surface area contributed by atoms with Gasteiger partial charge in [-0.25, -0.2) is 4.79 Å². The number of carbonyl (C=O) groups is 2. The fraction of sp³-hybridized carbons (Fsp3) is 0.500. The van der Waals surface area contributed by atoms with Crippen molar-refractivity contribution in [3.05, 3.63) is 35.9 Å². The van der Waals surface area contributed by atoms with Crippen molar-refractivity contribution < 1.29 is 9.59 Å². The number of benzene rings is 1. The topological polar surface area (TPSA) is 43.9 Å². The van der Waals surface area contributed by atoms with Gasteiger partial charge in [-0.05, 0) is 18.4 Å². The Balaban J connectivity index is 1.65. The summed E-state index contributed by atoms with van der Waals surface area (Å²) in [5.41, 5.74) is 0.667. The van der Waals surface area contributed by atoms with Gasteiger partial charge in [0.25, 0.3) is 5.91 Å². The molecule has 0 radical (unpaired) electrons. The van der Waals surface area contributed by atoms with Gasteiger partial charge in [-0.15, -0.1) is 0 Å². The number of hydrogen-bond acceptors (Lipinski definition) is 3. The Morgan fingerprint density at radius 3 is 2.48 bits per heavy atom. The number of imide groups is 1. The van der Waals surface area contributed by atoms with Gasteiger partial charge in [-0.3, -0.25) is 9.69 Å². The first-order valence-corrected chi connectivity index (χ1v) is 7.37. The molecular weight excluding hydrogens is 266 g/mol. The normalized spacial score (nSPS) is 26.4. The molecule has 2 heterocycles. The van der Waals surface area contributed by atoms with Gasteiger partial charge in [0, 0.05) is 33.7 Å². The predicted molar refractivity (Wildman–Crippen MR) is 79.9 cm³/mol. The molecule has 0 saturated carbocycles. The lowest BCUT2D eigenvalue weighted by atomic mass is 9.97. The Morgan fingerprint density at radius 2 is 1.86 bits per heavy atom. The Bertz CT molecular complexity index is 560. The van der Waals surface area contributed by atoms with E-state index in [1.807, 2.05) is 18.2 Å². The number of amides is 3. The van der Waals surface area contributed by atoms with E-state index in [0.29, 0.717) is 6.54 Å². The summed E-state index contributed by atoms with van der Waals surface area (Å²) in [6, 6.07) is 10.2. The zero-order valence-electron chi connectivity index (χ0n) is 12.6. The Labute approximate surface area is 125 Å². The molecule has 2 aliphatic heterocycles. The highest BCUT2D eigenvalue weighted by Gasteiger charge is 2.57. The van der Waals surface area contributed by atoms with Crippen LogP contribution >= 0.6 is 0 Å². The molecule has 21 heavy (non-hydrogen) atoms. The lowest BCUT2D eigenvalue weighted by Gasteiger charge is -2.28. The molecule has 112 valence electrons. The molecule has 5 nitrogen and oxygen atoms in total. The van der Waals surface area contributed by atoms with Crippen molar-refractivity contribution >= 4 is 11.9 Å². The van der Waals surface area contributed by atoms with Crippen molar-refractivity contribution in [2.45, 2.75) is 18.4 Å². The number of nitrogens with zero attached hydrogens (tertiary/aromatic N) is 3. The molecule has 2 fully saturated rings. The van der Waals surface area contributed by atoms with Crippen molar-refractivity contribution in [3.8, 4) is 0 Å². The number of urea groups is 1. The summed E-state index contributed by atoms with van der Waals surface area (Å²) in [4.78, 5) is 29.5. The molecule has 0 bridgehead atoms. The lowest BCUT2D eigenvalue weighted by Crippen LogP contribution is -2.50. The maximum atomic E-state index is 12.4.